The number of hydrogen-bond acceptors (Lipinski definition) is 0. The lowest BCUT2D eigenvalue weighted by Gasteiger charge is -2.44. The van der Waals surface area contributed by atoms with Crippen LogP contribution in [0.4, 0.5) is 0 Å². The van der Waals surface area contributed by atoms with Crippen LogP contribution in [-0.2, 0) is 18.3 Å². The highest BCUT2D eigenvalue weighted by Crippen LogP contribution is 2.61. The number of fused-ring (bicyclic) bond motifs is 11. The van der Waals surface area contributed by atoms with Crippen molar-refractivity contribution in [3.63, 3.8) is 0 Å². The first-order chi connectivity index (χ1) is 23.6. The lowest BCUT2D eigenvalue weighted by molar-refractivity contribution is 0.747. The van der Waals surface area contributed by atoms with Gasteiger partial charge in [-0.1, -0.05) is 98.8 Å². The van der Waals surface area contributed by atoms with E-state index in [0.29, 0.717) is 0 Å². The Bertz CT molecular complexity index is 2800. The smallest absolute Gasteiger partial charge is 0.252 e. The minimum Gasteiger partial charge on any atom is -0.315 e. The summed E-state index contributed by atoms with van der Waals surface area (Å²) < 4.78 is 5.32. The van der Waals surface area contributed by atoms with Gasteiger partial charge in [-0.3, -0.25) is 0 Å². The highest BCUT2D eigenvalue weighted by atomic mass is 15.1. The summed E-state index contributed by atoms with van der Waals surface area (Å²) in [6.07, 6.45) is 2.02. The van der Waals surface area contributed by atoms with E-state index in [9.17, 15) is 0 Å². The van der Waals surface area contributed by atoms with Crippen LogP contribution in [0.3, 0.4) is 0 Å². The zero-order valence-electron chi connectivity index (χ0n) is 27.7. The van der Waals surface area contributed by atoms with Crippen molar-refractivity contribution in [1.82, 2.24) is 9.13 Å². The van der Waals surface area contributed by atoms with Crippen LogP contribution in [0, 0.1) is 13.8 Å². The normalized spacial score (nSPS) is 15.0. The second-order valence-corrected chi connectivity index (χ2v) is 14.6. The Morgan fingerprint density at radius 3 is 1.96 bits per heavy atom. The van der Waals surface area contributed by atoms with E-state index in [-0.39, 0.29) is 6.71 Å². The van der Waals surface area contributed by atoms with Crippen LogP contribution >= 0.6 is 0 Å². The maximum Gasteiger partial charge on any atom is 0.252 e. The van der Waals surface area contributed by atoms with E-state index in [1.54, 1.807) is 0 Å². The van der Waals surface area contributed by atoms with E-state index in [0.717, 1.165) is 12.8 Å². The zero-order chi connectivity index (χ0) is 31.8. The summed E-state index contributed by atoms with van der Waals surface area (Å²) in [6, 6.07) is 40.7. The number of rotatable bonds is 2. The van der Waals surface area contributed by atoms with Gasteiger partial charge in [-0.2, -0.15) is 0 Å². The van der Waals surface area contributed by atoms with Gasteiger partial charge in [0.1, 0.15) is 0 Å². The lowest BCUT2D eigenvalue weighted by atomic mass is 9.33. The molecule has 12 rings (SSSR count). The molecule has 0 N–H and O–H groups in total. The third-order valence-corrected chi connectivity index (χ3v) is 12.8. The van der Waals surface area contributed by atoms with E-state index in [1.807, 2.05) is 0 Å². The minimum absolute atomic E-state index is 0.168. The predicted molar refractivity (Wildman–Crippen MR) is 201 cm³/mol. The third-order valence-electron chi connectivity index (χ3n) is 12.8. The first kappa shape index (κ1) is 25.8. The van der Waals surface area contributed by atoms with Gasteiger partial charge in [0, 0.05) is 44.3 Å². The van der Waals surface area contributed by atoms with Gasteiger partial charge in [-0.05, 0) is 111 Å². The highest BCUT2D eigenvalue weighted by Gasteiger charge is 2.54. The van der Waals surface area contributed by atoms with Gasteiger partial charge >= 0.3 is 0 Å². The SMILES string of the molecule is CCc1cc2c3c(c1)c1cc(CC)cc4c1n3-c1c(ccc3c1B2c1cccc2c(C)c(C)n-3c12)C41c2ccccc2-c2ccccc21. The predicted octanol–water partition coefficient (Wildman–Crippen LogP) is 8.29. The van der Waals surface area contributed by atoms with Crippen molar-refractivity contribution in [2.75, 3.05) is 0 Å². The molecule has 0 amide bonds. The Morgan fingerprint density at radius 1 is 0.562 bits per heavy atom. The molecule has 4 aliphatic rings. The van der Waals surface area contributed by atoms with Crippen molar-refractivity contribution in [2.24, 2.45) is 0 Å². The molecule has 2 nitrogen and oxygen atoms in total. The summed E-state index contributed by atoms with van der Waals surface area (Å²) >= 11 is 0. The number of nitrogens with zero attached hydrogens (tertiary/aromatic N) is 2. The Balaban J connectivity index is 1.40. The highest BCUT2D eigenvalue weighted by molar-refractivity contribution is 7.00. The molecule has 0 saturated carbocycles. The molecule has 1 aliphatic carbocycles. The van der Waals surface area contributed by atoms with Gasteiger partial charge < -0.3 is 9.13 Å². The molecule has 1 spiro atoms. The molecule has 3 aliphatic heterocycles. The summed E-state index contributed by atoms with van der Waals surface area (Å²) in [6.45, 7) is 9.42. The quantitative estimate of drug-likeness (QED) is 0.174. The number of benzene rings is 6. The van der Waals surface area contributed by atoms with E-state index in [1.165, 1.54) is 116 Å². The topological polar surface area (TPSA) is 9.86 Å². The summed E-state index contributed by atoms with van der Waals surface area (Å²) in [7, 11) is 0. The van der Waals surface area contributed by atoms with Crippen LogP contribution in [0.25, 0.3) is 55.2 Å². The standard InChI is InChI=1S/C45H33BN2/c1-5-26-20-31-32-21-27(6-2)23-38-43(32)48-41(31)36(22-26)45(33-15-9-7-12-29(33)30-13-8-10-16-34(30)45)35-18-19-39-40(44(35)48)46(38)37-17-11-14-28-24(3)25(4)47(39)42(28)37/h7-23H,5-6H2,1-4H3. The molecule has 0 fully saturated rings. The fourth-order valence-electron chi connectivity index (χ4n) is 10.8. The van der Waals surface area contributed by atoms with E-state index in [2.05, 4.69) is 140 Å². The molecule has 0 bridgehead atoms. The summed E-state index contributed by atoms with van der Waals surface area (Å²) in [5.74, 6) is 0. The van der Waals surface area contributed by atoms with Crippen LogP contribution in [-0.4, -0.2) is 15.8 Å². The Kier molecular flexibility index (Phi) is 4.42. The average molecular weight is 613 g/mol. The largest absolute Gasteiger partial charge is 0.315 e. The van der Waals surface area contributed by atoms with Crippen LogP contribution in [0.1, 0.15) is 58.5 Å². The van der Waals surface area contributed by atoms with Crippen LogP contribution in [0.2, 0.25) is 0 Å². The fourth-order valence-corrected chi connectivity index (χ4v) is 10.8. The van der Waals surface area contributed by atoms with E-state index < -0.39 is 5.41 Å². The lowest BCUT2D eigenvalue weighted by Crippen LogP contribution is -2.60. The van der Waals surface area contributed by atoms with E-state index >= 15 is 0 Å². The number of aryl methyl sites for hydroxylation is 3. The third kappa shape index (κ3) is 2.52. The molecule has 48 heavy (non-hydrogen) atoms. The van der Waals surface area contributed by atoms with Crippen LogP contribution in [0.15, 0.2) is 103 Å². The van der Waals surface area contributed by atoms with Crippen LogP contribution < -0.4 is 16.4 Å². The maximum absolute atomic E-state index is 2.73. The molecule has 0 radical (unpaired) electrons. The first-order valence-corrected chi connectivity index (χ1v) is 17.7. The molecule has 226 valence electrons. The van der Waals surface area contributed by atoms with Crippen LogP contribution in [0.5, 0.6) is 0 Å². The van der Waals surface area contributed by atoms with Crippen molar-refractivity contribution < 1.29 is 0 Å². The van der Waals surface area contributed by atoms with Crippen molar-refractivity contribution in [3.05, 3.63) is 148 Å². The van der Waals surface area contributed by atoms with Crippen molar-refractivity contribution in [1.29, 1.82) is 0 Å². The van der Waals surface area contributed by atoms with Gasteiger partial charge in [-0.15, -0.1) is 0 Å². The Hall–Kier alpha value is -5.28. The summed E-state index contributed by atoms with van der Waals surface area (Å²) in [4.78, 5) is 0. The van der Waals surface area contributed by atoms with Gasteiger partial charge in [0.15, 0.2) is 0 Å². The summed E-state index contributed by atoms with van der Waals surface area (Å²) in [5.41, 5.74) is 24.9. The van der Waals surface area contributed by atoms with E-state index in [4.69, 9.17) is 0 Å². The first-order valence-electron chi connectivity index (χ1n) is 17.7. The van der Waals surface area contributed by atoms with Gasteiger partial charge in [0.05, 0.1) is 10.9 Å². The Morgan fingerprint density at radius 2 is 1.23 bits per heavy atom. The molecular formula is C45H33BN2. The molecule has 5 heterocycles. The monoisotopic (exact) mass is 612 g/mol. The van der Waals surface area contributed by atoms with Crippen molar-refractivity contribution >= 4 is 55.8 Å². The molecule has 3 heteroatoms. The maximum atomic E-state index is 2.73. The molecule has 0 saturated heterocycles. The van der Waals surface area contributed by atoms with Gasteiger partial charge in [0.2, 0.25) is 0 Å². The molecule has 2 aromatic heterocycles. The van der Waals surface area contributed by atoms with Gasteiger partial charge in [-0.25, -0.2) is 0 Å². The zero-order valence-corrected chi connectivity index (χ0v) is 27.7. The number of hydrogen-bond donors (Lipinski definition) is 0. The summed E-state index contributed by atoms with van der Waals surface area (Å²) in [5, 5.41) is 4.20. The minimum atomic E-state index is -0.408. The second-order valence-electron chi connectivity index (χ2n) is 14.6. The Labute approximate surface area is 280 Å². The molecule has 0 unspecified atom stereocenters. The molecular weight excluding hydrogens is 579 g/mol. The molecule has 6 aromatic carbocycles. The average Bonchev–Trinajstić information content (AvgIpc) is 3.72. The fraction of sp³-hybridized carbons (Fsp3) is 0.156. The number of aromatic nitrogens is 2. The van der Waals surface area contributed by atoms with Crippen molar-refractivity contribution in [2.45, 2.75) is 46.0 Å². The molecule has 0 atom stereocenters. The van der Waals surface area contributed by atoms with Crippen molar-refractivity contribution in [3.8, 4) is 22.5 Å². The van der Waals surface area contributed by atoms with Gasteiger partial charge in [0.25, 0.3) is 6.71 Å². The second kappa shape index (κ2) is 8.23. The number of para-hydroxylation sites is 1. The molecule has 8 aromatic rings.